The highest BCUT2D eigenvalue weighted by molar-refractivity contribution is 5.88. The van der Waals surface area contributed by atoms with E-state index in [0.29, 0.717) is 0 Å². The van der Waals surface area contributed by atoms with Gasteiger partial charge in [-0.2, -0.15) is 5.01 Å². The molecule has 1 amide bonds. The fourth-order valence-electron chi connectivity index (χ4n) is 3.34. The van der Waals surface area contributed by atoms with E-state index in [1.54, 1.807) is 34.8 Å². The van der Waals surface area contributed by atoms with Gasteiger partial charge in [0.2, 0.25) is 18.0 Å². The third-order valence-corrected chi connectivity index (χ3v) is 5.98. The van der Waals surface area contributed by atoms with Crippen LogP contribution in [-0.4, -0.2) is 74.6 Å². The van der Waals surface area contributed by atoms with Crippen LogP contribution in [-0.2, 0) is 38.2 Å². The van der Waals surface area contributed by atoms with Gasteiger partial charge in [-0.1, -0.05) is 45.0 Å². The fraction of sp³-hybridized carbons (Fsp3) is 0.500. The van der Waals surface area contributed by atoms with Crippen molar-refractivity contribution in [1.82, 2.24) is 10.3 Å². The number of hydrazine groups is 1. The van der Waals surface area contributed by atoms with Crippen molar-refractivity contribution >= 4 is 34.6 Å². The van der Waals surface area contributed by atoms with Crippen molar-refractivity contribution in [1.29, 1.82) is 0 Å². The molecule has 42 heavy (non-hydrogen) atoms. The van der Waals surface area contributed by atoms with Gasteiger partial charge in [-0.15, -0.1) is 0 Å². The van der Waals surface area contributed by atoms with E-state index < -0.39 is 54.8 Å². The number of carbonyl (C=O) groups excluding carboxylic acids is 4. The molecular formula is C28H38N4O10. The Labute approximate surface area is 244 Å². The molecule has 0 aliphatic carbocycles. The molecule has 2 aromatic carbocycles. The van der Waals surface area contributed by atoms with Gasteiger partial charge in [0.05, 0.1) is 32.1 Å². The van der Waals surface area contributed by atoms with E-state index in [4.69, 9.17) is 18.9 Å². The quantitative estimate of drug-likeness (QED) is 0.0856. The van der Waals surface area contributed by atoms with Gasteiger partial charge in [-0.25, -0.2) is 4.79 Å². The molecule has 2 aromatic rings. The summed E-state index contributed by atoms with van der Waals surface area (Å²) in [5, 5.41) is 19.9. The fourth-order valence-corrected chi connectivity index (χ4v) is 3.34. The SMILES string of the molecule is COc1ccc2cc([C@H](C)C(=O)OCOC(=O)CCC(NC(=O)C(C)(C)C)C(=O)OCO/N=[N+](\[O-])N(C)C)ccc2c1. The van der Waals surface area contributed by atoms with Crippen molar-refractivity contribution in [3.8, 4) is 5.75 Å². The normalized spacial score (nSPS) is 13.0. The summed E-state index contributed by atoms with van der Waals surface area (Å²) >= 11 is 0. The van der Waals surface area contributed by atoms with Crippen LogP contribution in [0.2, 0.25) is 0 Å². The second kappa shape index (κ2) is 15.4. The minimum Gasteiger partial charge on any atom is -0.569 e. The van der Waals surface area contributed by atoms with Crippen LogP contribution >= 0.6 is 0 Å². The lowest BCUT2D eigenvalue weighted by Gasteiger charge is -2.23. The Kier molecular flexibility index (Phi) is 12.3. The zero-order valence-corrected chi connectivity index (χ0v) is 24.9. The van der Waals surface area contributed by atoms with Gasteiger partial charge in [-0.3, -0.25) is 14.4 Å². The van der Waals surface area contributed by atoms with Gasteiger partial charge < -0.3 is 34.3 Å². The molecule has 2 rings (SSSR count). The molecule has 0 aliphatic heterocycles. The first-order valence-corrected chi connectivity index (χ1v) is 13.1. The van der Waals surface area contributed by atoms with E-state index in [0.717, 1.165) is 27.1 Å². The van der Waals surface area contributed by atoms with Crippen molar-refractivity contribution in [2.24, 2.45) is 10.7 Å². The average molecular weight is 591 g/mol. The van der Waals surface area contributed by atoms with Crippen LogP contribution in [0.5, 0.6) is 5.75 Å². The van der Waals surface area contributed by atoms with Gasteiger partial charge in [-0.05, 0) is 41.8 Å². The summed E-state index contributed by atoms with van der Waals surface area (Å²) in [6.07, 6.45) is -0.472. The predicted molar refractivity (Wildman–Crippen MR) is 148 cm³/mol. The van der Waals surface area contributed by atoms with Gasteiger partial charge in [0.15, 0.2) is 0 Å². The maximum absolute atomic E-state index is 12.5. The Morgan fingerprint density at radius 1 is 0.976 bits per heavy atom. The highest BCUT2D eigenvalue weighted by Crippen LogP contribution is 2.26. The first kappa shape index (κ1) is 33.6. The number of fused-ring (bicyclic) bond motifs is 1. The van der Waals surface area contributed by atoms with E-state index >= 15 is 0 Å². The monoisotopic (exact) mass is 590 g/mol. The number of rotatable bonds is 14. The van der Waals surface area contributed by atoms with E-state index in [-0.39, 0.29) is 17.8 Å². The van der Waals surface area contributed by atoms with Gasteiger partial charge in [0.1, 0.15) is 11.8 Å². The van der Waals surface area contributed by atoms with Crippen molar-refractivity contribution in [2.45, 2.75) is 52.5 Å². The molecule has 0 bridgehead atoms. The van der Waals surface area contributed by atoms with Gasteiger partial charge >= 0.3 is 17.9 Å². The summed E-state index contributed by atoms with van der Waals surface area (Å²) in [4.78, 5) is 54.6. The molecule has 1 unspecified atom stereocenters. The van der Waals surface area contributed by atoms with Crippen LogP contribution in [0.4, 0.5) is 0 Å². The summed E-state index contributed by atoms with van der Waals surface area (Å²) in [6, 6.07) is 9.93. The van der Waals surface area contributed by atoms with Crippen LogP contribution < -0.4 is 10.1 Å². The van der Waals surface area contributed by atoms with E-state index in [9.17, 15) is 24.4 Å². The van der Waals surface area contributed by atoms with Crippen molar-refractivity contribution in [3.63, 3.8) is 0 Å². The maximum atomic E-state index is 12.5. The van der Waals surface area contributed by atoms with Crippen molar-refractivity contribution < 1.29 is 47.9 Å². The lowest BCUT2D eigenvalue weighted by atomic mass is 9.95. The standard InChI is InChI=1S/C28H38N4O10/c1-18(19-8-9-21-15-22(38-7)11-10-20(21)14-19)25(34)40-16-39-24(33)13-12-23(29-27(36)28(2,3)4)26(35)41-17-42-30-32(37)31(5)6/h8-11,14-15,18,23H,12-13,16-17H2,1-7H3,(H,29,36)/b32-30-/t18-,23?/m0/s1. The molecule has 0 radical (unpaired) electrons. The second-order valence-corrected chi connectivity index (χ2v) is 10.5. The largest absolute Gasteiger partial charge is 0.569 e. The maximum Gasteiger partial charge on any atom is 0.331 e. The van der Waals surface area contributed by atoms with Crippen LogP contribution in [0.1, 0.15) is 52.0 Å². The molecule has 0 saturated heterocycles. The van der Waals surface area contributed by atoms with Gasteiger partial charge in [0.25, 0.3) is 6.79 Å². The Balaban J connectivity index is 1.88. The Bertz CT molecular complexity index is 1290. The Morgan fingerprint density at radius 2 is 1.62 bits per heavy atom. The summed E-state index contributed by atoms with van der Waals surface area (Å²) in [5.74, 6) is -2.63. The topological polar surface area (TPSA) is 168 Å². The van der Waals surface area contributed by atoms with Crippen LogP contribution in [0.15, 0.2) is 41.7 Å². The zero-order valence-electron chi connectivity index (χ0n) is 24.9. The first-order valence-electron chi connectivity index (χ1n) is 13.1. The number of amides is 1. The molecule has 0 heterocycles. The molecular weight excluding hydrogens is 552 g/mol. The first-order chi connectivity index (χ1) is 19.7. The lowest BCUT2D eigenvalue weighted by Crippen LogP contribution is -2.46. The summed E-state index contributed by atoms with van der Waals surface area (Å²) in [6.45, 7) is 5.30. The van der Waals surface area contributed by atoms with Crippen LogP contribution in [0, 0.1) is 10.6 Å². The molecule has 0 fully saturated rings. The minimum absolute atomic E-state index is 0.121. The third kappa shape index (κ3) is 10.4. The predicted octanol–water partition coefficient (Wildman–Crippen LogP) is 3.18. The molecule has 0 spiro atoms. The molecule has 0 aliphatic rings. The molecule has 0 aromatic heterocycles. The number of benzene rings is 2. The highest BCUT2D eigenvalue weighted by Gasteiger charge is 2.29. The summed E-state index contributed by atoms with van der Waals surface area (Å²) < 4.78 is 20.3. The number of esters is 3. The van der Waals surface area contributed by atoms with Crippen LogP contribution in [0.3, 0.4) is 0 Å². The smallest absolute Gasteiger partial charge is 0.331 e. The number of nitrogens with one attached hydrogen (secondary N) is 1. The number of hydrogen-bond donors (Lipinski definition) is 1. The number of carbonyl (C=O) groups is 4. The zero-order chi connectivity index (χ0) is 31.4. The van der Waals surface area contributed by atoms with Crippen LogP contribution in [0.25, 0.3) is 10.8 Å². The Hall–Kier alpha value is -4.62. The van der Waals surface area contributed by atoms with E-state index in [2.05, 4.69) is 15.4 Å². The number of hydrogen-bond acceptors (Lipinski definition) is 11. The Morgan fingerprint density at radius 3 is 2.26 bits per heavy atom. The minimum atomic E-state index is -1.22. The molecule has 14 nitrogen and oxygen atoms in total. The number of methoxy groups -OCH3 is 1. The summed E-state index contributed by atoms with van der Waals surface area (Å²) in [7, 11) is 4.44. The van der Waals surface area contributed by atoms with E-state index in [1.807, 2.05) is 36.4 Å². The third-order valence-electron chi connectivity index (χ3n) is 5.98. The highest BCUT2D eigenvalue weighted by atomic mass is 16.8. The van der Waals surface area contributed by atoms with E-state index in [1.165, 1.54) is 14.1 Å². The molecule has 1 N–H and O–H groups in total. The second-order valence-electron chi connectivity index (χ2n) is 10.5. The number of nitrogens with zero attached hydrogens (tertiary/aromatic N) is 3. The average Bonchev–Trinajstić information content (AvgIpc) is 2.95. The number of ether oxygens (including phenoxy) is 4. The summed E-state index contributed by atoms with van der Waals surface area (Å²) in [5.41, 5.74) is -0.107. The van der Waals surface area contributed by atoms with Crippen molar-refractivity contribution in [3.05, 3.63) is 47.2 Å². The van der Waals surface area contributed by atoms with Gasteiger partial charge in [0, 0.05) is 11.8 Å². The molecule has 0 saturated carbocycles. The van der Waals surface area contributed by atoms with Crippen molar-refractivity contribution in [2.75, 3.05) is 34.8 Å². The lowest BCUT2D eigenvalue weighted by molar-refractivity contribution is -0.700. The molecule has 230 valence electrons. The molecule has 2 atom stereocenters. The molecule has 14 heteroatoms.